The second-order valence-electron chi connectivity index (χ2n) is 4.28. The van der Waals surface area contributed by atoms with E-state index in [-0.39, 0.29) is 19.5 Å². The minimum Gasteiger partial charge on any atom is -0.149 e. The summed E-state index contributed by atoms with van der Waals surface area (Å²) in [6, 6.07) is 2.33. The maximum atomic E-state index is 2.33. The van der Waals surface area contributed by atoms with Crippen LogP contribution in [-0.4, -0.2) is 0 Å². The molecule has 0 aromatic carbocycles. The third kappa shape index (κ3) is 6.16. The Morgan fingerprint density at radius 1 is 0.938 bits per heavy atom. The SMILES string of the molecule is CCCCCc1ccsc1CCCCC.[Zn]. The van der Waals surface area contributed by atoms with Crippen molar-refractivity contribution < 1.29 is 19.5 Å². The summed E-state index contributed by atoms with van der Waals surface area (Å²) in [6.07, 6.45) is 10.8. The number of rotatable bonds is 8. The van der Waals surface area contributed by atoms with Crippen LogP contribution in [0.4, 0.5) is 0 Å². The number of aryl methyl sites for hydroxylation is 2. The van der Waals surface area contributed by atoms with Gasteiger partial charge in [-0.05, 0) is 42.7 Å². The smallest absolute Gasteiger partial charge is 0.00772 e. The van der Waals surface area contributed by atoms with Gasteiger partial charge in [-0.25, -0.2) is 0 Å². The monoisotopic (exact) mass is 288 g/mol. The van der Waals surface area contributed by atoms with E-state index in [9.17, 15) is 0 Å². The van der Waals surface area contributed by atoms with E-state index in [2.05, 4.69) is 25.3 Å². The van der Waals surface area contributed by atoms with Gasteiger partial charge >= 0.3 is 0 Å². The zero-order valence-electron chi connectivity index (χ0n) is 10.9. The Hall–Kier alpha value is 0.323. The van der Waals surface area contributed by atoms with E-state index in [1.54, 1.807) is 10.4 Å². The molecule has 0 aliphatic rings. The Labute approximate surface area is 118 Å². The molecule has 0 aliphatic heterocycles. The summed E-state index contributed by atoms with van der Waals surface area (Å²) >= 11 is 1.96. The molecule has 1 heterocycles. The molecule has 2 heteroatoms. The molecule has 88 valence electrons. The average Bonchev–Trinajstić information content (AvgIpc) is 2.67. The van der Waals surface area contributed by atoms with Crippen molar-refractivity contribution in [2.45, 2.75) is 65.2 Å². The van der Waals surface area contributed by atoms with Crippen LogP contribution in [0.15, 0.2) is 11.4 Å². The molecule has 0 bridgehead atoms. The van der Waals surface area contributed by atoms with Crippen molar-refractivity contribution in [2.75, 3.05) is 0 Å². The van der Waals surface area contributed by atoms with E-state index in [0.717, 1.165) is 0 Å². The Morgan fingerprint density at radius 3 is 2.19 bits per heavy atom. The molecular weight excluding hydrogens is 266 g/mol. The second kappa shape index (κ2) is 10.5. The maximum Gasteiger partial charge on any atom is 0.00772 e. The van der Waals surface area contributed by atoms with Gasteiger partial charge in [0.05, 0.1) is 0 Å². The molecule has 0 nitrogen and oxygen atoms in total. The largest absolute Gasteiger partial charge is 0.149 e. The van der Waals surface area contributed by atoms with Crippen LogP contribution in [0.1, 0.15) is 62.8 Å². The number of unbranched alkanes of at least 4 members (excludes halogenated alkanes) is 4. The molecule has 0 unspecified atom stereocenters. The van der Waals surface area contributed by atoms with Crippen LogP contribution in [0.25, 0.3) is 0 Å². The minimum absolute atomic E-state index is 0. The van der Waals surface area contributed by atoms with Gasteiger partial charge in [0.25, 0.3) is 0 Å². The number of hydrogen-bond donors (Lipinski definition) is 0. The van der Waals surface area contributed by atoms with E-state index in [4.69, 9.17) is 0 Å². The van der Waals surface area contributed by atoms with Gasteiger partial charge in [0.2, 0.25) is 0 Å². The van der Waals surface area contributed by atoms with Crippen molar-refractivity contribution in [1.82, 2.24) is 0 Å². The van der Waals surface area contributed by atoms with Crippen molar-refractivity contribution in [3.63, 3.8) is 0 Å². The molecule has 0 atom stereocenters. The van der Waals surface area contributed by atoms with Crippen molar-refractivity contribution in [3.8, 4) is 0 Å². The summed E-state index contributed by atoms with van der Waals surface area (Å²) in [5.41, 5.74) is 1.63. The van der Waals surface area contributed by atoms with Crippen molar-refractivity contribution in [2.24, 2.45) is 0 Å². The molecule has 0 fully saturated rings. The first kappa shape index (κ1) is 16.3. The van der Waals surface area contributed by atoms with Gasteiger partial charge in [-0.15, -0.1) is 11.3 Å². The van der Waals surface area contributed by atoms with Crippen LogP contribution in [0.5, 0.6) is 0 Å². The Balaban J connectivity index is 0.00000225. The van der Waals surface area contributed by atoms with E-state index >= 15 is 0 Å². The molecule has 0 amide bonds. The molecule has 0 aliphatic carbocycles. The van der Waals surface area contributed by atoms with Crippen LogP contribution in [0.3, 0.4) is 0 Å². The minimum atomic E-state index is 0. The molecule has 16 heavy (non-hydrogen) atoms. The third-order valence-corrected chi connectivity index (χ3v) is 3.92. The normalized spacial score (nSPS) is 10.1. The van der Waals surface area contributed by atoms with E-state index in [1.165, 1.54) is 51.4 Å². The van der Waals surface area contributed by atoms with Gasteiger partial charge in [-0.1, -0.05) is 39.5 Å². The molecule has 1 aromatic rings. The van der Waals surface area contributed by atoms with Gasteiger partial charge < -0.3 is 0 Å². The molecule has 0 N–H and O–H groups in total. The van der Waals surface area contributed by atoms with Crippen molar-refractivity contribution in [1.29, 1.82) is 0 Å². The second-order valence-corrected chi connectivity index (χ2v) is 5.28. The molecule has 0 saturated carbocycles. The summed E-state index contributed by atoms with van der Waals surface area (Å²) in [4.78, 5) is 1.65. The maximum absolute atomic E-state index is 2.33. The van der Waals surface area contributed by atoms with Gasteiger partial charge in [-0.3, -0.25) is 0 Å². The Morgan fingerprint density at radius 2 is 1.56 bits per heavy atom. The fraction of sp³-hybridized carbons (Fsp3) is 0.714. The zero-order chi connectivity index (χ0) is 10.9. The van der Waals surface area contributed by atoms with Gasteiger partial charge in [0.1, 0.15) is 0 Å². The summed E-state index contributed by atoms with van der Waals surface area (Å²) in [5, 5.41) is 2.27. The molecular formula is C14H24SZn. The average molecular weight is 290 g/mol. The fourth-order valence-electron chi connectivity index (χ4n) is 1.91. The summed E-state index contributed by atoms with van der Waals surface area (Å²) in [6.45, 7) is 4.55. The molecule has 0 spiro atoms. The first-order chi connectivity index (χ1) is 7.38. The molecule has 0 saturated heterocycles. The van der Waals surface area contributed by atoms with Crippen molar-refractivity contribution in [3.05, 3.63) is 21.9 Å². The molecule has 1 rings (SSSR count). The zero-order valence-corrected chi connectivity index (χ0v) is 14.7. The topological polar surface area (TPSA) is 0 Å². The van der Waals surface area contributed by atoms with Crippen LogP contribution in [0.2, 0.25) is 0 Å². The molecule has 1 aromatic heterocycles. The molecule has 0 radical (unpaired) electrons. The third-order valence-electron chi connectivity index (χ3n) is 2.89. The number of thiophene rings is 1. The van der Waals surface area contributed by atoms with Gasteiger partial charge in [0, 0.05) is 24.4 Å². The van der Waals surface area contributed by atoms with Crippen LogP contribution >= 0.6 is 11.3 Å². The Kier molecular flexibility index (Phi) is 10.7. The quantitative estimate of drug-likeness (QED) is 0.455. The predicted molar refractivity (Wildman–Crippen MR) is 70.8 cm³/mol. The van der Waals surface area contributed by atoms with Crippen LogP contribution in [-0.2, 0) is 32.3 Å². The fourth-order valence-corrected chi connectivity index (χ4v) is 2.89. The van der Waals surface area contributed by atoms with Gasteiger partial charge in [-0.2, -0.15) is 0 Å². The summed E-state index contributed by atoms with van der Waals surface area (Å²) in [5.74, 6) is 0. The van der Waals surface area contributed by atoms with E-state index in [1.807, 2.05) is 11.3 Å². The van der Waals surface area contributed by atoms with Crippen LogP contribution < -0.4 is 0 Å². The van der Waals surface area contributed by atoms with Crippen LogP contribution in [0, 0.1) is 0 Å². The summed E-state index contributed by atoms with van der Waals surface area (Å²) < 4.78 is 0. The first-order valence-electron chi connectivity index (χ1n) is 6.43. The predicted octanol–water partition coefficient (Wildman–Crippen LogP) is 5.21. The first-order valence-corrected chi connectivity index (χ1v) is 7.31. The Bertz CT molecular complexity index is 230. The van der Waals surface area contributed by atoms with E-state index < -0.39 is 0 Å². The van der Waals surface area contributed by atoms with E-state index in [0.29, 0.717) is 0 Å². The number of hydrogen-bond acceptors (Lipinski definition) is 1. The van der Waals surface area contributed by atoms with Crippen molar-refractivity contribution >= 4 is 11.3 Å². The summed E-state index contributed by atoms with van der Waals surface area (Å²) in [7, 11) is 0. The standard InChI is InChI=1S/C14H24S.Zn/c1-3-5-7-9-13-11-12-15-14(13)10-8-6-4-2;/h11-12H,3-10H2,1-2H3;. The van der Waals surface area contributed by atoms with Gasteiger partial charge in [0.15, 0.2) is 0 Å².